The molecule has 132 valence electrons. The van der Waals surface area contributed by atoms with E-state index in [9.17, 15) is 18.4 Å². The molecule has 0 saturated carbocycles. The smallest absolute Gasteiger partial charge is 0.254 e. The number of aromatic nitrogens is 2. The van der Waals surface area contributed by atoms with Gasteiger partial charge in [0.05, 0.1) is 12.1 Å². The van der Waals surface area contributed by atoms with Gasteiger partial charge >= 0.3 is 0 Å². The minimum absolute atomic E-state index is 0.0945. The van der Waals surface area contributed by atoms with E-state index in [1.165, 1.54) is 6.20 Å². The highest BCUT2D eigenvalue weighted by atomic mass is 35.5. The maximum atomic E-state index is 13.5. The van der Waals surface area contributed by atoms with E-state index in [1.807, 2.05) is 0 Å². The number of amides is 1. The number of aromatic amines is 1. The van der Waals surface area contributed by atoms with E-state index in [1.54, 1.807) is 24.3 Å². The Labute approximate surface area is 151 Å². The first kappa shape index (κ1) is 17.8. The van der Waals surface area contributed by atoms with Gasteiger partial charge in [-0.2, -0.15) is 0 Å². The van der Waals surface area contributed by atoms with Crippen molar-refractivity contribution in [3.05, 3.63) is 81.2 Å². The molecule has 0 spiro atoms. The summed E-state index contributed by atoms with van der Waals surface area (Å²) in [6.07, 6.45) is 0.934. The Hall–Kier alpha value is -3.06. The van der Waals surface area contributed by atoms with Crippen molar-refractivity contribution in [2.24, 2.45) is 0 Å². The van der Waals surface area contributed by atoms with E-state index < -0.39 is 23.1 Å². The van der Waals surface area contributed by atoms with E-state index in [0.717, 1.165) is 18.2 Å². The van der Waals surface area contributed by atoms with Crippen LogP contribution in [-0.2, 0) is 11.2 Å². The Morgan fingerprint density at radius 1 is 1.15 bits per heavy atom. The SMILES string of the molecule is O=C(Cc1cnc(-c2ccc(Cl)cc2)[nH]c1=O)Nc1cc(F)ccc1F. The van der Waals surface area contributed by atoms with Gasteiger partial charge in [-0.3, -0.25) is 9.59 Å². The summed E-state index contributed by atoms with van der Waals surface area (Å²) in [4.78, 5) is 30.8. The van der Waals surface area contributed by atoms with Crippen LogP contribution in [0.3, 0.4) is 0 Å². The fourth-order valence-corrected chi connectivity index (χ4v) is 2.39. The first-order chi connectivity index (χ1) is 12.4. The molecule has 0 aliphatic heterocycles. The topological polar surface area (TPSA) is 74.8 Å². The number of carbonyl (C=O) groups is 1. The largest absolute Gasteiger partial charge is 0.323 e. The highest BCUT2D eigenvalue weighted by Gasteiger charge is 2.12. The number of hydrogen-bond donors (Lipinski definition) is 2. The van der Waals surface area contributed by atoms with Crippen LogP contribution in [0.5, 0.6) is 0 Å². The molecule has 1 aromatic heterocycles. The zero-order valence-corrected chi connectivity index (χ0v) is 14.0. The molecule has 26 heavy (non-hydrogen) atoms. The van der Waals surface area contributed by atoms with Gasteiger partial charge in [-0.25, -0.2) is 13.8 Å². The molecule has 0 aliphatic rings. The zero-order chi connectivity index (χ0) is 18.7. The van der Waals surface area contributed by atoms with Crippen LogP contribution < -0.4 is 10.9 Å². The van der Waals surface area contributed by atoms with Crippen molar-refractivity contribution in [3.63, 3.8) is 0 Å². The van der Waals surface area contributed by atoms with Crippen LogP contribution in [0.15, 0.2) is 53.5 Å². The summed E-state index contributed by atoms with van der Waals surface area (Å²) in [6.45, 7) is 0. The third kappa shape index (κ3) is 4.12. The number of benzene rings is 2. The van der Waals surface area contributed by atoms with Gasteiger partial charge < -0.3 is 10.3 Å². The number of anilines is 1. The lowest BCUT2D eigenvalue weighted by molar-refractivity contribution is -0.115. The molecule has 2 N–H and O–H groups in total. The maximum Gasteiger partial charge on any atom is 0.254 e. The third-order valence-corrected chi connectivity index (χ3v) is 3.80. The Kier molecular flexibility index (Phi) is 5.09. The quantitative estimate of drug-likeness (QED) is 0.732. The molecular weight excluding hydrogens is 364 g/mol. The van der Waals surface area contributed by atoms with Crippen LogP contribution in [0.25, 0.3) is 11.4 Å². The number of carbonyl (C=O) groups excluding carboxylic acids is 1. The lowest BCUT2D eigenvalue weighted by Gasteiger charge is -2.07. The zero-order valence-electron chi connectivity index (χ0n) is 13.2. The summed E-state index contributed by atoms with van der Waals surface area (Å²) in [5.41, 5.74) is -0.0432. The van der Waals surface area contributed by atoms with E-state index in [4.69, 9.17) is 11.6 Å². The van der Waals surface area contributed by atoms with Crippen molar-refractivity contribution >= 4 is 23.2 Å². The molecule has 0 aliphatic carbocycles. The van der Waals surface area contributed by atoms with Gasteiger partial charge in [0.2, 0.25) is 5.91 Å². The molecule has 0 bridgehead atoms. The lowest BCUT2D eigenvalue weighted by atomic mass is 10.2. The first-order valence-corrected chi connectivity index (χ1v) is 7.89. The second-order valence-corrected chi connectivity index (χ2v) is 5.88. The highest BCUT2D eigenvalue weighted by molar-refractivity contribution is 6.30. The van der Waals surface area contributed by atoms with Crippen LogP contribution in [0.1, 0.15) is 5.56 Å². The minimum atomic E-state index is -0.773. The van der Waals surface area contributed by atoms with Crippen LogP contribution in [0.4, 0.5) is 14.5 Å². The lowest BCUT2D eigenvalue weighted by Crippen LogP contribution is -2.22. The number of nitrogens with one attached hydrogen (secondary N) is 2. The van der Waals surface area contributed by atoms with E-state index in [0.29, 0.717) is 16.4 Å². The maximum absolute atomic E-state index is 13.5. The average molecular weight is 376 g/mol. The van der Waals surface area contributed by atoms with Gasteiger partial charge in [-0.05, 0) is 36.4 Å². The summed E-state index contributed by atoms with van der Waals surface area (Å²) >= 11 is 5.81. The van der Waals surface area contributed by atoms with Crippen molar-refractivity contribution in [3.8, 4) is 11.4 Å². The molecule has 0 atom stereocenters. The normalized spacial score (nSPS) is 10.6. The van der Waals surface area contributed by atoms with Gasteiger partial charge in [0.15, 0.2) is 0 Å². The van der Waals surface area contributed by atoms with Gasteiger partial charge in [-0.15, -0.1) is 0 Å². The van der Waals surface area contributed by atoms with Crippen LogP contribution in [-0.4, -0.2) is 15.9 Å². The summed E-state index contributed by atoms with van der Waals surface area (Å²) in [5.74, 6) is -1.80. The van der Waals surface area contributed by atoms with E-state index in [2.05, 4.69) is 15.3 Å². The third-order valence-electron chi connectivity index (χ3n) is 3.54. The Morgan fingerprint density at radius 2 is 1.88 bits per heavy atom. The number of rotatable bonds is 4. The highest BCUT2D eigenvalue weighted by Crippen LogP contribution is 2.17. The second kappa shape index (κ2) is 7.45. The molecule has 3 rings (SSSR count). The van der Waals surface area contributed by atoms with Gasteiger partial charge in [0.25, 0.3) is 5.56 Å². The summed E-state index contributed by atoms with van der Waals surface area (Å²) in [7, 11) is 0. The van der Waals surface area contributed by atoms with Gasteiger partial charge in [0, 0.05) is 28.4 Å². The fraction of sp³-hybridized carbons (Fsp3) is 0.0556. The Balaban J connectivity index is 1.75. The second-order valence-electron chi connectivity index (χ2n) is 5.44. The molecule has 8 heteroatoms. The number of hydrogen-bond acceptors (Lipinski definition) is 3. The van der Waals surface area contributed by atoms with Crippen LogP contribution in [0.2, 0.25) is 5.02 Å². The molecule has 2 aromatic carbocycles. The van der Waals surface area contributed by atoms with Crippen LogP contribution in [0, 0.1) is 11.6 Å². The first-order valence-electron chi connectivity index (χ1n) is 7.51. The number of halogens is 3. The monoisotopic (exact) mass is 375 g/mol. The number of nitrogens with zero attached hydrogens (tertiary/aromatic N) is 1. The molecule has 1 heterocycles. The molecule has 5 nitrogen and oxygen atoms in total. The van der Waals surface area contributed by atoms with Crippen molar-refractivity contribution in [2.75, 3.05) is 5.32 Å². The van der Waals surface area contributed by atoms with Gasteiger partial charge in [0.1, 0.15) is 17.5 Å². The Morgan fingerprint density at radius 3 is 2.58 bits per heavy atom. The predicted molar refractivity (Wildman–Crippen MR) is 94.0 cm³/mol. The summed E-state index contributed by atoms with van der Waals surface area (Å²) in [5, 5.41) is 2.78. The molecule has 0 saturated heterocycles. The minimum Gasteiger partial charge on any atom is -0.323 e. The van der Waals surface area contributed by atoms with Crippen molar-refractivity contribution < 1.29 is 13.6 Å². The standard InChI is InChI=1S/C18H12ClF2N3O2/c19-12-3-1-10(2-4-12)17-22-9-11(18(26)24-17)7-16(25)23-15-8-13(20)5-6-14(15)21/h1-6,8-9H,7H2,(H,23,25)(H,22,24,26). The summed E-state index contributed by atoms with van der Waals surface area (Å²) < 4.78 is 26.7. The van der Waals surface area contributed by atoms with E-state index >= 15 is 0 Å². The molecule has 0 radical (unpaired) electrons. The molecular formula is C18H12ClF2N3O2. The average Bonchev–Trinajstić information content (AvgIpc) is 2.60. The van der Waals surface area contributed by atoms with Crippen molar-refractivity contribution in [1.82, 2.24) is 9.97 Å². The summed E-state index contributed by atoms with van der Waals surface area (Å²) in [6, 6.07) is 9.41. The molecule has 1 amide bonds. The Bertz CT molecular complexity index is 1020. The molecule has 3 aromatic rings. The van der Waals surface area contributed by atoms with Crippen LogP contribution >= 0.6 is 11.6 Å². The van der Waals surface area contributed by atoms with E-state index in [-0.39, 0.29) is 17.7 Å². The molecule has 0 fully saturated rings. The van der Waals surface area contributed by atoms with Crippen molar-refractivity contribution in [1.29, 1.82) is 0 Å². The van der Waals surface area contributed by atoms with Gasteiger partial charge in [-0.1, -0.05) is 11.6 Å². The number of H-pyrrole nitrogens is 1. The molecule has 0 unspecified atom stereocenters. The van der Waals surface area contributed by atoms with Crippen molar-refractivity contribution in [2.45, 2.75) is 6.42 Å². The predicted octanol–water partition coefficient (Wildman–Crippen LogP) is 3.55. The fourth-order valence-electron chi connectivity index (χ4n) is 2.26.